The van der Waals surface area contributed by atoms with Crippen molar-refractivity contribution in [2.75, 3.05) is 26.2 Å². The summed E-state index contributed by atoms with van der Waals surface area (Å²) in [7, 11) is 0. The first-order chi connectivity index (χ1) is 9.22. The SMILES string of the molecule is CCCC[C@H](c1cc(I)ccc1F)N1CCNCC1.Cl.Cl. The van der Waals surface area contributed by atoms with Crippen LogP contribution in [0.5, 0.6) is 0 Å². The molecule has 0 radical (unpaired) electrons. The molecule has 0 spiro atoms. The third kappa shape index (κ3) is 6.18. The van der Waals surface area contributed by atoms with Crippen molar-refractivity contribution >= 4 is 47.4 Å². The summed E-state index contributed by atoms with van der Waals surface area (Å²) in [6.45, 7) is 6.24. The van der Waals surface area contributed by atoms with E-state index in [4.69, 9.17) is 0 Å². The number of hydrogen-bond acceptors (Lipinski definition) is 2. The third-order valence-electron chi connectivity index (χ3n) is 3.74. The fraction of sp³-hybridized carbons (Fsp3) is 0.600. The van der Waals surface area contributed by atoms with Gasteiger partial charge in [0.15, 0.2) is 0 Å². The molecule has 6 heteroatoms. The molecule has 0 bridgehead atoms. The molecule has 1 saturated heterocycles. The lowest BCUT2D eigenvalue weighted by Crippen LogP contribution is -2.45. The highest BCUT2D eigenvalue weighted by molar-refractivity contribution is 14.1. The van der Waals surface area contributed by atoms with Gasteiger partial charge in [0, 0.05) is 41.4 Å². The number of piperazine rings is 1. The first-order valence-corrected chi connectivity index (χ1v) is 8.20. The topological polar surface area (TPSA) is 15.3 Å². The molecule has 1 N–H and O–H groups in total. The van der Waals surface area contributed by atoms with Crippen molar-refractivity contribution in [1.29, 1.82) is 0 Å². The van der Waals surface area contributed by atoms with Crippen molar-refractivity contribution in [2.45, 2.75) is 32.2 Å². The van der Waals surface area contributed by atoms with Crippen LogP contribution in [0.2, 0.25) is 0 Å². The van der Waals surface area contributed by atoms with Gasteiger partial charge in [-0.2, -0.15) is 0 Å². The molecule has 0 amide bonds. The van der Waals surface area contributed by atoms with Crippen molar-refractivity contribution in [1.82, 2.24) is 10.2 Å². The maximum absolute atomic E-state index is 14.2. The summed E-state index contributed by atoms with van der Waals surface area (Å²) < 4.78 is 15.3. The van der Waals surface area contributed by atoms with Crippen molar-refractivity contribution in [3.8, 4) is 0 Å². The van der Waals surface area contributed by atoms with Gasteiger partial charge in [0.2, 0.25) is 0 Å². The van der Waals surface area contributed by atoms with E-state index in [0.717, 1.165) is 54.6 Å². The van der Waals surface area contributed by atoms with Gasteiger partial charge >= 0.3 is 0 Å². The van der Waals surface area contributed by atoms with Gasteiger partial charge in [-0.05, 0) is 47.2 Å². The molecule has 0 unspecified atom stereocenters. The zero-order valence-corrected chi connectivity index (χ0v) is 16.1. The van der Waals surface area contributed by atoms with Crippen LogP contribution in [0.15, 0.2) is 18.2 Å². The van der Waals surface area contributed by atoms with Crippen LogP contribution in [0.25, 0.3) is 0 Å². The molecule has 1 heterocycles. The number of nitrogens with zero attached hydrogens (tertiary/aromatic N) is 1. The van der Waals surface area contributed by atoms with Crippen molar-refractivity contribution in [3.63, 3.8) is 0 Å². The van der Waals surface area contributed by atoms with E-state index in [1.165, 1.54) is 0 Å². The molecule has 1 aromatic carbocycles. The maximum atomic E-state index is 14.2. The van der Waals surface area contributed by atoms with Crippen LogP contribution in [0.1, 0.15) is 37.8 Å². The highest BCUT2D eigenvalue weighted by Gasteiger charge is 2.24. The summed E-state index contributed by atoms with van der Waals surface area (Å²) in [6, 6.07) is 5.70. The van der Waals surface area contributed by atoms with Crippen LogP contribution < -0.4 is 5.32 Å². The van der Waals surface area contributed by atoms with Crippen LogP contribution in [0, 0.1) is 9.39 Å². The molecule has 2 rings (SSSR count). The number of nitrogens with one attached hydrogen (secondary N) is 1. The molecular weight excluding hydrogens is 425 g/mol. The Morgan fingerprint density at radius 2 is 1.95 bits per heavy atom. The minimum Gasteiger partial charge on any atom is -0.314 e. The van der Waals surface area contributed by atoms with E-state index < -0.39 is 0 Å². The van der Waals surface area contributed by atoms with Gasteiger partial charge in [-0.3, -0.25) is 4.90 Å². The predicted octanol–water partition coefficient (Wildman–Crippen LogP) is 4.41. The van der Waals surface area contributed by atoms with E-state index in [1.54, 1.807) is 6.07 Å². The van der Waals surface area contributed by atoms with E-state index in [-0.39, 0.29) is 36.7 Å². The second-order valence-electron chi connectivity index (χ2n) is 5.11. The molecule has 0 saturated carbocycles. The second kappa shape index (κ2) is 11.0. The van der Waals surface area contributed by atoms with Gasteiger partial charge in [0.05, 0.1) is 0 Å². The Morgan fingerprint density at radius 1 is 1.29 bits per heavy atom. The number of unbranched alkanes of at least 4 members (excludes halogenated alkanes) is 1. The Bertz CT molecular complexity index is 415. The molecule has 122 valence electrons. The molecular formula is C15H24Cl2FIN2. The van der Waals surface area contributed by atoms with Gasteiger partial charge in [0.25, 0.3) is 0 Å². The molecule has 2 nitrogen and oxygen atoms in total. The van der Waals surface area contributed by atoms with E-state index in [0.29, 0.717) is 0 Å². The van der Waals surface area contributed by atoms with Crippen molar-refractivity contribution in [2.24, 2.45) is 0 Å². The zero-order chi connectivity index (χ0) is 13.7. The zero-order valence-electron chi connectivity index (χ0n) is 12.3. The first kappa shape index (κ1) is 21.4. The fourth-order valence-corrected chi connectivity index (χ4v) is 3.21. The molecule has 1 aliphatic heterocycles. The second-order valence-corrected chi connectivity index (χ2v) is 6.36. The van der Waals surface area contributed by atoms with Crippen LogP contribution in [0.4, 0.5) is 4.39 Å². The van der Waals surface area contributed by atoms with Gasteiger partial charge in [-0.15, -0.1) is 24.8 Å². The normalized spacial score (nSPS) is 16.7. The first-order valence-electron chi connectivity index (χ1n) is 7.12. The highest BCUT2D eigenvalue weighted by Crippen LogP contribution is 2.29. The summed E-state index contributed by atoms with van der Waals surface area (Å²) in [5.41, 5.74) is 0.877. The van der Waals surface area contributed by atoms with Crippen molar-refractivity contribution < 1.29 is 4.39 Å². The molecule has 0 aromatic heterocycles. The standard InChI is InChI=1S/C15H22FIN2.2ClH/c1-2-3-4-15(19-9-7-18-8-10-19)13-11-12(17)5-6-14(13)16;;/h5-6,11,15,18H,2-4,7-10H2,1H3;2*1H/t15-;;/m1../s1. The summed E-state index contributed by atoms with van der Waals surface area (Å²) >= 11 is 2.27. The molecule has 1 fully saturated rings. The van der Waals surface area contributed by atoms with Gasteiger partial charge in [0.1, 0.15) is 5.82 Å². The Kier molecular flexibility index (Phi) is 11.2. The van der Waals surface area contributed by atoms with E-state index in [2.05, 4.69) is 39.7 Å². The summed E-state index contributed by atoms with van der Waals surface area (Å²) in [6.07, 6.45) is 3.36. The van der Waals surface area contributed by atoms with Crippen LogP contribution in [-0.2, 0) is 0 Å². The van der Waals surface area contributed by atoms with Crippen LogP contribution >= 0.6 is 47.4 Å². The predicted molar refractivity (Wildman–Crippen MR) is 100 cm³/mol. The third-order valence-corrected chi connectivity index (χ3v) is 4.41. The van der Waals surface area contributed by atoms with Crippen LogP contribution in [0.3, 0.4) is 0 Å². The number of rotatable bonds is 5. The quantitative estimate of drug-likeness (QED) is 0.671. The molecule has 1 atom stereocenters. The lowest BCUT2D eigenvalue weighted by molar-refractivity contribution is 0.160. The molecule has 1 aromatic rings. The van der Waals surface area contributed by atoms with E-state index >= 15 is 0 Å². The average Bonchev–Trinajstić information content (AvgIpc) is 2.44. The number of halogens is 4. The van der Waals surface area contributed by atoms with Gasteiger partial charge in [-0.25, -0.2) is 4.39 Å². The van der Waals surface area contributed by atoms with Gasteiger partial charge in [-0.1, -0.05) is 19.8 Å². The Balaban J connectivity index is 0.00000200. The summed E-state index contributed by atoms with van der Waals surface area (Å²) in [5, 5.41) is 3.37. The number of hydrogen-bond donors (Lipinski definition) is 1. The lowest BCUT2D eigenvalue weighted by Gasteiger charge is -2.35. The monoisotopic (exact) mass is 448 g/mol. The summed E-state index contributed by atoms with van der Waals surface area (Å²) in [4.78, 5) is 2.43. The van der Waals surface area contributed by atoms with Gasteiger partial charge < -0.3 is 5.32 Å². The van der Waals surface area contributed by atoms with Crippen molar-refractivity contribution in [3.05, 3.63) is 33.1 Å². The average molecular weight is 449 g/mol. The van der Waals surface area contributed by atoms with E-state index in [9.17, 15) is 4.39 Å². The molecule has 0 aliphatic carbocycles. The van der Waals surface area contributed by atoms with Crippen LogP contribution in [-0.4, -0.2) is 31.1 Å². The largest absolute Gasteiger partial charge is 0.314 e. The molecule has 1 aliphatic rings. The highest BCUT2D eigenvalue weighted by atomic mass is 127. The minimum atomic E-state index is -0.0555. The lowest BCUT2D eigenvalue weighted by atomic mass is 9.98. The Hall–Kier alpha value is 0.380. The Morgan fingerprint density at radius 3 is 2.57 bits per heavy atom. The summed E-state index contributed by atoms with van der Waals surface area (Å²) in [5.74, 6) is -0.0555. The molecule has 21 heavy (non-hydrogen) atoms. The van der Waals surface area contributed by atoms with E-state index in [1.807, 2.05) is 12.1 Å². The maximum Gasteiger partial charge on any atom is 0.128 e. The minimum absolute atomic E-state index is 0. The Labute approximate surface area is 153 Å². The fourth-order valence-electron chi connectivity index (χ4n) is 2.70. The smallest absolute Gasteiger partial charge is 0.128 e. The number of benzene rings is 1.